The van der Waals surface area contributed by atoms with E-state index in [-0.39, 0.29) is 17.2 Å². The topological polar surface area (TPSA) is 27.7 Å². The van der Waals surface area contributed by atoms with Crippen molar-refractivity contribution in [2.45, 2.75) is 213 Å². The van der Waals surface area contributed by atoms with Crippen LogP contribution in [0.1, 0.15) is 216 Å². The van der Waals surface area contributed by atoms with Crippen LogP contribution in [0, 0.1) is 6.07 Å². The molecule has 4 aromatic rings. The van der Waals surface area contributed by atoms with E-state index >= 15 is 0 Å². The van der Waals surface area contributed by atoms with E-state index in [1.54, 1.807) is 0 Å². The first kappa shape index (κ1) is 66.7. The Labute approximate surface area is 451 Å². The summed E-state index contributed by atoms with van der Waals surface area (Å²) < 4.78 is 179. The highest BCUT2D eigenvalue weighted by Crippen LogP contribution is 2.44. The Morgan fingerprint density at radius 3 is 1.05 bits per heavy atom. The largest absolute Gasteiger partial charge is 0.864 e. The highest BCUT2D eigenvalue weighted by molar-refractivity contribution is 6.39. The van der Waals surface area contributed by atoms with Crippen molar-refractivity contribution in [1.29, 1.82) is 0 Å². The number of quaternary nitrogens is 1. The molecule has 0 spiro atoms. The summed E-state index contributed by atoms with van der Waals surface area (Å²) in [5.41, 5.74) is -3.07. The van der Waals surface area contributed by atoms with Gasteiger partial charge in [-0.25, -0.2) is 0 Å². The minimum absolute atomic E-state index is 0.0285. The third-order valence-corrected chi connectivity index (χ3v) is 13.9. The molecule has 17 heteroatoms. The first-order chi connectivity index (χ1) is 36.6. The van der Waals surface area contributed by atoms with Gasteiger partial charge in [0.05, 0.1) is 41.9 Å². The lowest BCUT2D eigenvalue weighted by atomic mass is 9.91. The van der Waals surface area contributed by atoms with Crippen LogP contribution in [0.5, 0.6) is 17.2 Å². The van der Waals surface area contributed by atoms with Gasteiger partial charge in [0.2, 0.25) is 0 Å². The molecule has 0 radical (unpaired) electrons. The standard InChI is InChI=1S/C53H78BF9NO3.C7H4F3/c1-5-9-13-14-15-16-17-18-19-20-21-22-23-24-25-26-27-28-49(64(39-10-6-2,40-11-7-3)41-12-8-4)48-42-45(53(61,62)63)33-38-50(48)67-54(65-46-34-29-43(30-35-46)51(55,56)57)66-47-36-31-44(32-37-47)52(58,59)60;8-7(9,10)6-4-2-1-3-5-6/h29-38,42,49H,5-28,39-41H2,1-4H3;2-5H/q+1;-1. The van der Waals surface area contributed by atoms with Gasteiger partial charge < -0.3 is 18.4 Å². The van der Waals surface area contributed by atoms with Crippen LogP contribution >= 0.6 is 0 Å². The number of benzene rings is 4. The lowest BCUT2D eigenvalue weighted by molar-refractivity contribution is -0.958. The smallest absolute Gasteiger partial charge is 0.490 e. The quantitative estimate of drug-likeness (QED) is 0.0151. The van der Waals surface area contributed by atoms with E-state index in [1.807, 2.05) is 0 Å². The monoisotopic (exact) mass is 1100 g/mol. The summed E-state index contributed by atoms with van der Waals surface area (Å²) in [6.45, 7) is 10.8. The molecule has 0 aliphatic rings. The van der Waals surface area contributed by atoms with E-state index in [1.165, 1.54) is 95.2 Å². The molecular formula is C60H82BF12NO3. The average molecular weight is 1100 g/mol. The summed E-state index contributed by atoms with van der Waals surface area (Å²) in [7, 11) is -1.83. The first-order valence-corrected chi connectivity index (χ1v) is 28.0. The van der Waals surface area contributed by atoms with E-state index in [0.717, 1.165) is 163 Å². The minimum Gasteiger partial charge on any atom is -0.490 e. The number of nitrogens with zero attached hydrogens (tertiary/aromatic N) is 1. The van der Waals surface area contributed by atoms with Gasteiger partial charge in [0.15, 0.2) is 0 Å². The highest BCUT2D eigenvalue weighted by atomic mass is 19.4. The second-order valence-electron chi connectivity index (χ2n) is 20.1. The molecule has 4 rings (SSSR count). The molecule has 432 valence electrons. The Morgan fingerprint density at radius 1 is 0.390 bits per heavy atom. The van der Waals surface area contributed by atoms with Gasteiger partial charge >= 0.3 is 32.0 Å². The van der Waals surface area contributed by atoms with Crippen LogP contribution in [0.4, 0.5) is 52.7 Å². The van der Waals surface area contributed by atoms with Gasteiger partial charge in [0, 0.05) is 6.42 Å². The third kappa shape index (κ3) is 25.4. The van der Waals surface area contributed by atoms with Crippen LogP contribution in [0.25, 0.3) is 0 Å². The maximum atomic E-state index is 14.7. The maximum Gasteiger partial charge on any atom is 0.864 e. The predicted octanol–water partition coefficient (Wildman–Crippen LogP) is 21.1. The molecule has 0 saturated heterocycles. The lowest BCUT2D eigenvalue weighted by Gasteiger charge is -2.46. The Hall–Kier alpha value is -4.54. The second-order valence-corrected chi connectivity index (χ2v) is 20.1. The van der Waals surface area contributed by atoms with Gasteiger partial charge in [-0.05, 0) is 92.4 Å². The molecule has 0 bridgehead atoms. The number of hydrogen-bond acceptors (Lipinski definition) is 3. The minimum atomic E-state index is -4.69. The van der Waals surface area contributed by atoms with Crippen molar-refractivity contribution in [3.05, 3.63) is 125 Å². The number of alkyl halides is 12. The Bertz CT molecular complexity index is 2070. The molecular weight excluding hydrogens is 1020 g/mol. The van der Waals surface area contributed by atoms with Gasteiger partial charge in [0.1, 0.15) is 23.3 Å². The molecule has 4 nitrogen and oxygen atoms in total. The van der Waals surface area contributed by atoms with Crippen molar-refractivity contribution in [3.63, 3.8) is 0 Å². The average Bonchev–Trinajstić information content (AvgIpc) is 3.38. The number of hydrogen-bond donors (Lipinski definition) is 0. The summed E-state index contributed by atoms with van der Waals surface area (Å²) >= 11 is 0. The predicted molar refractivity (Wildman–Crippen MR) is 283 cm³/mol. The maximum absolute atomic E-state index is 14.7. The molecule has 0 aromatic heterocycles. The Balaban J connectivity index is 0.00000139. The van der Waals surface area contributed by atoms with Crippen LogP contribution in [-0.4, -0.2) is 31.4 Å². The number of unbranched alkanes of at least 4 members (excludes halogenated alkanes) is 19. The van der Waals surface area contributed by atoms with E-state index < -0.39 is 60.3 Å². The van der Waals surface area contributed by atoms with Crippen LogP contribution in [-0.2, 0) is 24.7 Å². The lowest BCUT2D eigenvalue weighted by Crippen LogP contribution is -2.53. The summed E-state index contributed by atoms with van der Waals surface area (Å²) in [6, 6.07) is 17.2. The van der Waals surface area contributed by atoms with Crippen molar-refractivity contribution < 1.29 is 71.1 Å². The summed E-state index contributed by atoms with van der Waals surface area (Å²) in [4.78, 5) is 0. The first-order valence-electron chi connectivity index (χ1n) is 28.0. The SMILES string of the molecule is CCCCCCCCCCCCCCCCCCCC(c1cc(C(F)(F)F)ccc1OB(Oc1ccc(C(F)(F)F)cc1)Oc1ccc(C(F)(F)F)cc1)[N+](CCCC)(CCCC)CCCC.FC(F)(F)c1cc[c-]cc1. The van der Waals surface area contributed by atoms with Crippen molar-refractivity contribution in [3.8, 4) is 17.2 Å². The van der Waals surface area contributed by atoms with E-state index in [9.17, 15) is 52.7 Å². The third-order valence-electron chi connectivity index (χ3n) is 13.9. The zero-order valence-corrected chi connectivity index (χ0v) is 45.6. The molecule has 4 aromatic carbocycles. The molecule has 0 N–H and O–H groups in total. The fourth-order valence-corrected chi connectivity index (χ4v) is 9.52. The van der Waals surface area contributed by atoms with Crippen LogP contribution in [0.15, 0.2) is 91.0 Å². The fraction of sp³-hybridized carbons (Fsp3) is 0.600. The van der Waals surface area contributed by atoms with Crippen LogP contribution in [0.2, 0.25) is 0 Å². The molecule has 77 heavy (non-hydrogen) atoms. The van der Waals surface area contributed by atoms with Crippen molar-refractivity contribution in [2.75, 3.05) is 19.6 Å². The molecule has 0 amide bonds. The van der Waals surface area contributed by atoms with Crippen molar-refractivity contribution in [1.82, 2.24) is 0 Å². The van der Waals surface area contributed by atoms with Crippen LogP contribution in [0.3, 0.4) is 0 Å². The number of rotatable bonds is 35. The molecule has 0 aliphatic carbocycles. The summed E-state index contributed by atoms with van der Waals surface area (Å²) in [5.74, 6) is -0.226. The highest BCUT2D eigenvalue weighted by Gasteiger charge is 2.42. The molecule has 1 atom stereocenters. The molecule has 1 unspecified atom stereocenters. The molecule has 0 fully saturated rings. The second kappa shape index (κ2) is 34.5. The van der Waals surface area contributed by atoms with E-state index in [2.05, 4.69) is 33.8 Å². The van der Waals surface area contributed by atoms with Crippen LogP contribution < -0.4 is 14.0 Å². The number of halogens is 12. The molecule has 0 saturated carbocycles. The normalized spacial score (nSPS) is 12.7. The molecule has 0 heterocycles. The van der Waals surface area contributed by atoms with Gasteiger partial charge in [0.25, 0.3) is 0 Å². The van der Waals surface area contributed by atoms with Gasteiger partial charge in [-0.2, -0.15) is 83.0 Å². The van der Waals surface area contributed by atoms with Crippen molar-refractivity contribution in [2.24, 2.45) is 0 Å². The van der Waals surface area contributed by atoms with E-state index in [0.29, 0.717) is 16.5 Å². The van der Waals surface area contributed by atoms with Gasteiger partial charge in [-0.3, -0.25) is 0 Å². The zero-order chi connectivity index (χ0) is 56.8. The Morgan fingerprint density at radius 2 is 0.714 bits per heavy atom. The molecule has 0 aliphatic heterocycles. The van der Waals surface area contributed by atoms with Crippen molar-refractivity contribution >= 4 is 7.32 Å². The summed E-state index contributed by atoms with van der Waals surface area (Å²) in [5, 5.41) is 0. The fourth-order valence-electron chi connectivity index (χ4n) is 9.52. The van der Waals surface area contributed by atoms with Gasteiger partial charge in [-0.1, -0.05) is 155 Å². The van der Waals surface area contributed by atoms with E-state index in [4.69, 9.17) is 14.0 Å². The van der Waals surface area contributed by atoms with Gasteiger partial charge in [-0.15, -0.1) is 0 Å². The zero-order valence-electron chi connectivity index (χ0n) is 45.6. The summed E-state index contributed by atoms with van der Waals surface area (Å²) in [6.07, 6.45) is 8.16. The Kier molecular flexibility index (Phi) is 29.9.